The topological polar surface area (TPSA) is 90.2 Å². The van der Waals surface area contributed by atoms with E-state index in [4.69, 9.17) is 14.8 Å². The summed E-state index contributed by atoms with van der Waals surface area (Å²) in [5.74, 6) is 0.342. The second-order valence-corrected chi connectivity index (χ2v) is 6.07. The molecular weight excluding hydrogens is 241 g/mol. The van der Waals surface area contributed by atoms with Crippen molar-refractivity contribution in [2.24, 2.45) is 0 Å². The summed E-state index contributed by atoms with van der Waals surface area (Å²) >= 11 is 0. The Labute approximate surface area is 101 Å². The Kier molecular flexibility index (Phi) is 4.74. The van der Waals surface area contributed by atoms with Crippen molar-refractivity contribution in [2.45, 2.75) is 33.4 Å². The number of hydrogen-bond acceptors (Lipinski definition) is 5. The normalized spacial score (nSPS) is 13.9. The van der Waals surface area contributed by atoms with Crippen LogP contribution >= 0.6 is 7.60 Å². The Balaban J connectivity index is 3.08. The van der Waals surface area contributed by atoms with Gasteiger partial charge in [0.1, 0.15) is 5.82 Å². The first-order valence-corrected chi connectivity index (χ1v) is 7.26. The highest BCUT2D eigenvalue weighted by Gasteiger charge is 2.36. The molecule has 1 aromatic rings. The Morgan fingerprint density at radius 3 is 2.29 bits per heavy atom. The van der Waals surface area contributed by atoms with Crippen molar-refractivity contribution in [1.82, 2.24) is 10.2 Å². The van der Waals surface area contributed by atoms with Gasteiger partial charge in [0, 0.05) is 11.3 Å². The lowest BCUT2D eigenvalue weighted by molar-refractivity contribution is 0.213. The van der Waals surface area contributed by atoms with E-state index < -0.39 is 13.3 Å². The largest absolute Gasteiger partial charge is 0.382 e. The van der Waals surface area contributed by atoms with Gasteiger partial charge in [-0.2, -0.15) is 5.10 Å². The van der Waals surface area contributed by atoms with Gasteiger partial charge < -0.3 is 14.8 Å². The number of rotatable bonds is 6. The smallest absolute Gasteiger partial charge is 0.337 e. The van der Waals surface area contributed by atoms with Gasteiger partial charge in [0.2, 0.25) is 0 Å². The highest BCUT2D eigenvalue weighted by molar-refractivity contribution is 7.54. The van der Waals surface area contributed by atoms with E-state index in [-0.39, 0.29) is 0 Å². The molecular formula is C10H20N3O3P. The maximum absolute atomic E-state index is 12.6. The Morgan fingerprint density at radius 1 is 1.41 bits per heavy atom. The van der Waals surface area contributed by atoms with Gasteiger partial charge in [0.05, 0.1) is 18.9 Å². The van der Waals surface area contributed by atoms with Crippen molar-refractivity contribution < 1.29 is 13.6 Å². The van der Waals surface area contributed by atoms with E-state index in [9.17, 15) is 4.57 Å². The molecule has 0 aliphatic rings. The maximum Gasteiger partial charge on any atom is 0.337 e. The van der Waals surface area contributed by atoms with E-state index in [1.165, 1.54) is 0 Å². The van der Waals surface area contributed by atoms with E-state index in [0.717, 1.165) is 5.69 Å². The van der Waals surface area contributed by atoms with Gasteiger partial charge in [-0.15, -0.1) is 0 Å². The van der Waals surface area contributed by atoms with Crippen LogP contribution in [0.1, 0.15) is 37.7 Å². The van der Waals surface area contributed by atoms with Crippen molar-refractivity contribution in [2.75, 3.05) is 18.9 Å². The summed E-state index contributed by atoms with van der Waals surface area (Å²) in [4.78, 5) is 0. The summed E-state index contributed by atoms with van der Waals surface area (Å²) in [6, 6.07) is 0. The van der Waals surface area contributed by atoms with E-state index in [2.05, 4.69) is 10.2 Å². The van der Waals surface area contributed by atoms with Crippen LogP contribution in [-0.4, -0.2) is 23.4 Å². The highest BCUT2D eigenvalue weighted by Crippen LogP contribution is 2.61. The van der Waals surface area contributed by atoms with Crippen LogP contribution in [0.5, 0.6) is 0 Å². The van der Waals surface area contributed by atoms with Crippen LogP contribution in [0.25, 0.3) is 0 Å². The molecule has 3 N–H and O–H groups in total. The molecule has 1 aromatic heterocycles. The summed E-state index contributed by atoms with van der Waals surface area (Å²) in [5.41, 5.74) is 6.82. The fourth-order valence-corrected chi connectivity index (χ4v) is 3.65. The summed E-state index contributed by atoms with van der Waals surface area (Å²) < 4.78 is 23.2. The van der Waals surface area contributed by atoms with Gasteiger partial charge in [-0.25, -0.2) is 0 Å². The fourth-order valence-electron chi connectivity index (χ4n) is 1.76. The predicted octanol–water partition coefficient (Wildman–Crippen LogP) is 2.63. The van der Waals surface area contributed by atoms with Gasteiger partial charge in [-0.05, 0) is 27.7 Å². The van der Waals surface area contributed by atoms with E-state index in [0.29, 0.717) is 24.6 Å². The minimum absolute atomic E-state index is 0.332. The average Bonchev–Trinajstić information content (AvgIpc) is 2.58. The third kappa shape index (κ3) is 2.89. The number of nitrogens with two attached hydrogens (primary N) is 1. The molecule has 1 atom stereocenters. The molecule has 0 spiro atoms. The number of anilines is 1. The van der Waals surface area contributed by atoms with Crippen molar-refractivity contribution in [1.29, 1.82) is 0 Å². The molecule has 7 heteroatoms. The van der Waals surface area contributed by atoms with Gasteiger partial charge in [-0.3, -0.25) is 9.66 Å². The molecule has 1 rings (SSSR count). The third-order valence-corrected chi connectivity index (χ3v) is 4.98. The van der Waals surface area contributed by atoms with Crippen molar-refractivity contribution in [3.8, 4) is 0 Å². The van der Waals surface area contributed by atoms with Gasteiger partial charge in [0.15, 0.2) is 0 Å². The van der Waals surface area contributed by atoms with Crippen LogP contribution in [0.15, 0.2) is 0 Å². The van der Waals surface area contributed by atoms with Gasteiger partial charge >= 0.3 is 7.60 Å². The third-order valence-electron chi connectivity index (χ3n) is 2.53. The number of aromatic amines is 1. The second kappa shape index (κ2) is 5.67. The lowest BCUT2D eigenvalue weighted by atomic mass is 10.2. The Bertz CT molecular complexity index is 389. The van der Waals surface area contributed by atoms with Crippen LogP contribution in [0, 0.1) is 6.92 Å². The number of nitrogens with one attached hydrogen (secondary N) is 1. The summed E-state index contributed by atoms with van der Waals surface area (Å²) in [6.45, 7) is 7.84. The molecule has 0 aliphatic heterocycles. The number of nitrogen functional groups attached to an aromatic ring is 1. The van der Waals surface area contributed by atoms with Crippen LogP contribution in [-0.2, 0) is 13.6 Å². The molecule has 0 saturated heterocycles. The molecule has 0 fully saturated rings. The second-order valence-electron chi connectivity index (χ2n) is 3.70. The van der Waals surface area contributed by atoms with Crippen molar-refractivity contribution in [3.05, 3.63) is 11.3 Å². The lowest BCUT2D eigenvalue weighted by Crippen LogP contribution is -2.06. The molecule has 0 radical (unpaired) electrons. The number of hydrogen-bond donors (Lipinski definition) is 2. The molecule has 1 unspecified atom stereocenters. The van der Waals surface area contributed by atoms with E-state index in [1.807, 2.05) is 6.92 Å². The molecule has 0 amide bonds. The molecule has 98 valence electrons. The number of aryl methyl sites for hydroxylation is 1. The zero-order valence-corrected chi connectivity index (χ0v) is 11.6. The molecule has 17 heavy (non-hydrogen) atoms. The quantitative estimate of drug-likeness (QED) is 0.768. The van der Waals surface area contributed by atoms with Crippen molar-refractivity contribution in [3.63, 3.8) is 0 Å². The van der Waals surface area contributed by atoms with Crippen LogP contribution < -0.4 is 5.73 Å². The lowest BCUT2D eigenvalue weighted by Gasteiger charge is -2.23. The minimum Gasteiger partial charge on any atom is -0.382 e. The molecule has 0 aliphatic carbocycles. The average molecular weight is 261 g/mol. The number of nitrogens with zero attached hydrogens (tertiary/aromatic N) is 1. The van der Waals surface area contributed by atoms with Crippen LogP contribution in [0.3, 0.4) is 0 Å². The molecule has 0 bridgehead atoms. The van der Waals surface area contributed by atoms with Crippen molar-refractivity contribution >= 4 is 13.4 Å². The fraction of sp³-hybridized carbons (Fsp3) is 0.700. The summed E-state index contributed by atoms with van der Waals surface area (Å²) in [5, 5.41) is 6.66. The predicted molar refractivity (Wildman–Crippen MR) is 67.0 cm³/mol. The minimum atomic E-state index is -3.19. The van der Waals surface area contributed by atoms with Crippen LogP contribution in [0.4, 0.5) is 5.82 Å². The Morgan fingerprint density at radius 2 is 1.94 bits per heavy atom. The molecule has 0 aromatic carbocycles. The zero-order chi connectivity index (χ0) is 13.1. The summed E-state index contributed by atoms with van der Waals surface area (Å²) in [6.07, 6.45) is 0. The van der Waals surface area contributed by atoms with E-state index in [1.54, 1.807) is 20.8 Å². The Hall–Kier alpha value is -0.840. The number of H-pyrrole nitrogens is 1. The SMILES string of the molecule is CCOP(=O)(OCC)C(C)c1c(N)n[nH]c1C. The first-order valence-electron chi connectivity index (χ1n) is 5.65. The maximum atomic E-state index is 12.6. The van der Waals surface area contributed by atoms with E-state index >= 15 is 0 Å². The molecule has 6 nitrogen and oxygen atoms in total. The molecule has 0 saturated carbocycles. The van der Waals surface area contributed by atoms with Gasteiger partial charge in [-0.1, -0.05) is 0 Å². The monoisotopic (exact) mass is 261 g/mol. The number of aromatic nitrogens is 2. The standard InChI is InChI=1S/C10H20N3O3P/c1-5-15-17(14,16-6-2)8(4)9-7(3)12-13-10(9)11/h8H,5-6H2,1-4H3,(H3,11,12,13). The zero-order valence-electron chi connectivity index (χ0n) is 10.7. The van der Waals surface area contributed by atoms with Crippen LogP contribution in [0.2, 0.25) is 0 Å². The summed E-state index contributed by atoms with van der Waals surface area (Å²) in [7, 11) is -3.19. The highest BCUT2D eigenvalue weighted by atomic mass is 31.2. The first kappa shape index (κ1) is 14.2. The molecule has 1 heterocycles. The first-order chi connectivity index (χ1) is 7.96. The van der Waals surface area contributed by atoms with Gasteiger partial charge in [0.25, 0.3) is 0 Å².